The van der Waals surface area contributed by atoms with Crippen molar-refractivity contribution in [3.63, 3.8) is 0 Å². The van der Waals surface area contributed by atoms with Crippen LogP contribution in [0.15, 0.2) is 0 Å². The number of aliphatic hydroxyl groups excluding tert-OH is 1. The molecule has 16 heavy (non-hydrogen) atoms. The lowest BCUT2D eigenvalue weighted by Crippen LogP contribution is -2.51. The second-order valence-electron chi connectivity index (χ2n) is 4.83. The average molecular weight is 222 g/mol. The molecular weight excluding hydrogens is 208 g/mol. The summed E-state index contributed by atoms with van der Waals surface area (Å²) in [5, 5.41) is 25.8. The molecule has 1 aromatic rings. The fourth-order valence-corrected chi connectivity index (χ4v) is 2.93. The number of fused-ring (bicyclic) bond motifs is 1. The Morgan fingerprint density at radius 1 is 1.44 bits per heavy atom. The summed E-state index contributed by atoms with van der Waals surface area (Å²) in [6, 6.07) is 0. The summed E-state index contributed by atoms with van der Waals surface area (Å²) in [5.41, 5.74) is 1.89. The van der Waals surface area contributed by atoms with Gasteiger partial charge in [0.25, 0.3) is 0 Å². The first-order valence-corrected chi connectivity index (χ1v) is 5.61. The molecule has 2 aliphatic rings. The van der Waals surface area contributed by atoms with Crippen molar-refractivity contribution in [2.24, 2.45) is 0 Å². The monoisotopic (exact) mass is 222 g/mol. The first-order valence-electron chi connectivity index (χ1n) is 5.61. The van der Waals surface area contributed by atoms with E-state index in [2.05, 4.69) is 10.2 Å². The second kappa shape index (κ2) is 3.07. The van der Waals surface area contributed by atoms with Gasteiger partial charge in [-0.2, -0.15) is 5.10 Å². The molecule has 0 atom stereocenters. The van der Waals surface area contributed by atoms with Gasteiger partial charge in [-0.25, -0.2) is 0 Å². The number of H-pyrrole nitrogens is 1. The maximum Gasteiger partial charge on any atom is 0.316 e. The molecule has 1 saturated carbocycles. The van der Waals surface area contributed by atoms with Crippen molar-refractivity contribution >= 4 is 5.97 Å². The maximum atomic E-state index is 11.4. The van der Waals surface area contributed by atoms with Crippen LogP contribution in [0.1, 0.15) is 36.2 Å². The zero-order valence-corrected chi connectivity index (χ0v) is 8.86. The highest BCUT2D eigenvalue weighted by Gasteiger charge is 2.54. The molecule has 86 valence electrons. The van der Waals surface area contributed by atoms with Crippen LogP contribution in [0.5, 0.6) is 0 Å². The van der Waals surface area contributed by atoms with Gasteiger partial charge in [-0.1, -0.05) is 0 Å². The number of aromatic amines is 1. The first-order chi connectivity index (χ1) is 7.63. The Balaban J connectivity index is 2.04. The van der Waals surface area contributed by atoms with Gasteiger partial charge in [0, 0.05) is 5.69 Å². The number of carboxylic acids is 1. The lowest BCUT2D eigenvalue weighted by Gasteiger charge is -2.40. The van der Waals surface area contributed by atoms with Crippen LogP contribution in [0, 0.1) is 0 Å². The highest BCUT2D eigenvalue weighted by atomic mass is 16.4. The van der Waals surface area contributed by atoms with Crippen molar-refractivity contribution in [3.8, 4) is 0 Å². The highest BCUT2D eigenvalue weighted by molar-refractivity contribution is 5.83. The number of hydrogen-bond acceptors (Lipinski definition) is 3. The summed E-state index contributed by atoms with van der Waals surface area (Å²) in [6.45, 7) is 0. The molecule has 1 aromatic heterocycles. The van der Waals surface area contributed by atoms with E-state index in [4.69, 9.17) is 0 Å². The topological polar surface area (TPSA) is 86.2 Å². The van der Waals surface area contributed by atoms with Crippen LogP contribution in [-0.2, 0) is 23.1 Å². The van der Waals surface area contributed by atoms with Gasteiger partial charge in [0.15, 0.2) is 0 Å². The molecule has 0 radical (unpaired) electrons. The number of carbonyl (C=O) groups is 1. The zero-order valence-electron chi connectivity index (χ0n) is 8.86. The summed E-state index contributed by atoms with van der Waals surface area (Å²) in [6.07, 6.45) is 3.02. The number of nitrogens with zero attached hydrogens (tertiary/aromatic N) is 1. The number of aliphatic hydroxyl groups is 1. The molecule has 0 aromatic carbocycles. The Hall–Kier alpha value is -1.36. The van der Waals surface area contributed by atoms with Crippen LogP contribution in [0.4, 0.5) is 0 Å². The van der Waals surface area contributed by atoms with Crippen LogP contribution in [-0.4, -0.2) is 32.5 Å². The van der Waals surface area contributed by atoms with E-state index >= 15 is 0 Å². The Kier molecular flexibility index (Phi) is 1.89. The number of carboxylic acid groups (broad SMARTS) is 1. The van der Waals surface area contributed by atoms with Gasteiger partial charge in [-0.15, -0.1) is 0 Å². The Morgan fingerprint density at radius 3 is 2.81 bits per heavy atom. The number of aromatic nitrogens is 2. The third-order valence-corrected chi connectivity index (χ3v) is 3.84. The molecular formula is C11H14N2O3. The van der Waals surface area contributed by atoms with Gasteiger partial charge >= 0.3 is 5.97 Å². The Bertz CT molecular complexity index is 446. The first kappa shape index (κ1) is 9.84. The summed E-state index contributed by atoms with van der Waals surface area (Å²) in [5.74, 6) is -0.862. The number of nitrogens with one attached hydrogen (secondary N) is 1. The van der Waals surface area contributed by atoms with Crippen molar-refractivity contribution in [1.29, 1.82) is 0 Å². The zero-order chi connectivity index (χ0) is 11.3. The maximum absolute atomic E-state index is 11.4. The smallest absolute Gasteiger partial charge is 0.316 e. The van der Waals surface area contributed by atoms with Gasteiger partial charge in [0.05, 0.1) is 11.8 Å². The van der Waals surface area contributed by atoms with E-state index < -0.39 is 17.5 Å². The van der Waals surface area contributed by atoms with Gasteiger partial charge in [-0.3, -0.25) is 9.89 Å². The molecule has 0 saturated heterocycles. The van der Waals surface area contributed by atoms with Crippen LogP contribution in [0.2, 0.25) is 0 Å². The molecule has 0 bridgehead atoms. The van der Waals surface area contributed by atoms with Crippen molar-refractivity contribution in [3.05, 3.63) is 17.0 Å². The molecule has 0 amide bonds. The number of aryl methyl sites for hydroxylation is 1. The van der Waals surface area contributed by atoms with Gasteiger partial charge in [-0.05, 0) is 37.7 Å². The minimum absolute atomic E-state index is 0.291. The van der Waals surface area contributed by atoms with Gasteiger partial charge in [0.1, 0.15) is 5.41 Å². The lowest BCUT2D eigenvalue weighted by molar-refractivity contribution is -0.153. The third-order valence-electron chi connectivity index (χ3n) is 3.84. The predicted molar refractivity (Wildman–Crippen MR) is 55.2 cm³/mol. The Labute approximate surface area is 92.5 Å². The van der Waals surface area contributed by atoms with Crippen molar-refractivity contribution in [1.82, 2.24) is 10.2 Å². The van der Waals surface area contributed by atoms with Crippen LogP contribution in [0.3, 0.4) is 0 Å². The third kappa shape index (κ3) is 1.09. The van der Waals surface area contributed by atoms with E-state index in [1.807, 2.05) is 0 Å². The largest absolute Gasteiger partial charge is 0.481 e. The summed E-state index contributed by atoms with van der Waals surface area (Å²) >= 11 is 0. The molecule has 5 heteroatoms. The van der Waals surface area contributed by atoms with E-state index in [1.54, 1.807) is 0 Å². The molecule has 0 aliphatic heterocycles. The SMILES string of the molecule is O=C(O)C1(c2n[nH]c3c2CCC3)CC(O)C1. The summed E-state index contributed by atoms with van der Waals surface area (Å²) in [4.78, 5) is 11.4. The van der Waals surface area contributed by atoms with Crippen LogP contribution in [0.25, 0.3) is 0 Å². The lowest BCUT2D eigenvalue weighted by atomic mass is 9.64. The molecule has 1 heterocycles. The molecule has 3 N–H and O–H groups in total. The number of hydrogen-bond donors (Lipinski definition) is 3. The molecule has 0 spiro atoms. The van der Waals surface area contributed by atoms with Gasteiger partial charge in [0.2, 0.25) is 0 Å². The Morgan fingerprint density at radius 2 is 2.19 bits per heavy atom. The average Bonchev–Trinajstić information content (AvgIpc) is 2.72. The van der Waals surface area contributed by atoms with E-state index in [1.165, 1.54) is 0 Å². The van der Waals surface area contributed by atoms with Crippen molar-refractivity contribution in [2.75, 3.05) is 0 Å². The fourth-order valence-electron chi connectivity index (χ4n) is 2.93. The predicted octanol–water partition coefficient (Wildman–Crippen LogP) is 0.376. The van der Waals surface area contributed by atoms with Gasteiger partial charge < -0.3 is 10.2 Å². The minimum Gasteiger partial charge on any atom is -0.481 e. The molecule has 1 fully saturated rings. The highest BCUT2D eigenvalue weighted by Crippen LogP contribution is 2.46. The minimum atomic E-state index is -0.937. The van der Waals surface area contributed by atoms with Crippen molar-refractivity contribution in [2.45, 2.75) is 43.6 Å². The van der Waals surface area contributed by atoms with E-state index in [-0.39, 0.29) is 0 Å². The number of aliphatic carboxylic acids is 1. The quantitative estimate of drug-likeness (QED) is 0.675. The molecule has 2 aliphatic carbocycles. The summed E-state index contributed by atoms with van der Waals surface area (Å²) < 4.78 is 0. The second-order valence-corrected chi connectivity index (χ2v) is 4.83. The van der Waals surface area contributed by atoms with Crippen LogP contribution < -0.4 is 0 Å². The summed E-state index contributed by atoms with van der Waals surface area (Å²) in [7, 11) is 0. The van der Waals surface area contributed by atoms with E-state index in [9.17, 15) is 15.0 Å². The molecule has 0 unspecified atom stereocenters. The molecule has 3 rings (SSSR count). The van der Waals surface area contributed by atoms with E-state index in [0.29, 0.717) is 18.5 Å². The number of rotatable bonds is 2. The van der Waals surface area contributed by atoms with Crippen molar-refractivity contribution < 1.29 is 15.0 Å². The fraction of sp³-hybridized carbons (Fsp3) is 0.636. The van der Waals surface area contributed by atoms with E-state index in [0.717, 1.165) is 30.5 Å². The normalized spacial score (nSPS) is 32.2. The standard InChI is InChI=1S/C11H14N2O3/c14-6-4-11(5-6,10(15)16)9-7-2-1-3-8(7)12-13-9/h6,14H,1-5H2,(H,12,13)(H,15,16). The van der Waals surface area contributed by atoms with Crippen LogP contribution >= 0.6 is 0 Å². The molecule has 5 nitrogen and oxygen atoms in total.